The van der Waals surface area contributed by atoms with Gasteiger partial charge in [-0.2, -0.15) is 0 Å². The van der Waals surface area contributed by atoms with Gasteiger partial charge in [0.05, 0.1) is 0 Å². The van der Waals surface area contributed by atoms with Crippen LogP contribution < -0.4 is 10.6 Å². The molecule has 1 aromatic carbocycles. The maximum Gasteiger partial charge on any atom is 0.325 e. The molecule has 1 heterocycles. The Balaban J connectivity index is 1.96. The Bertz CT molecular complexity index is 659. The second-order valence-electron chi connectivity index (χ2n) is 7.93. The van der Waals surface area contributed by atoms with E-state index in [9.17, 15) is 14.4 Å². The minimum atomic E-state index is -0.536. The summed E-state index contributed by atoms with van der Waals surface area (Å²) in [6, 6.07) is 6.53. The van der Waals surface area contributed by atoms with Crippen LogP contribution in [0.25, 0.3) is 0 Å². The molecule has 1 unspecified atom stereocenters. The van der Waals surface area contributed by atoms with Gasteiger partial charge in [-0.05, 0) is 35.4 Å². The molecule has 1 saturated heterocycles. The van der Waals surface area contributed by atoms with E-state index in [1.807, 2.05) is 38.1 Å². The molecule has 4 amide bonds. The largest absolute Gasteiger partial charge is 0.326 e. The number of rotatable bonds is 5. The summed E-state index contributed by atoms with van der Waals surface area (Å²) in [5.74, 6) is -0.446. The summed E-state index contributed by atoms with van der Waals surface area (Å²) >= 11 is 0. The molecular formula is C19H27N3O3. The van der Waals surface area contributed by atoms with Gasteiger partial charge in [0.1, 0.15) is 12.6 Å². The summed E-state index contributed by atoms with van der Waals surface area (Å²) in [4.78, 5) is 37.4. The minimum Gasteiger partial charge on any atom is -0.326 e. The number of amides is 4. The number of carbonyl (C=O) groups excluding carboxylic acids is 3. The number of imide groups is 1. The summed E-state index contributed by atoms with van der Waals surface area (Å²) in [7, 11) is 0. The highest BCUT2D eigenvalue weighted by atomic mass is 16.2. The Kier molecular flexibility index (Phi) is 5.50. The molecule has 2 N–H and O–H groups in total. The lowest BCUT2D eigenvalue weighted by molar-refractivity contribution is -0.131. The van der Waals surface area contributed by atoms with Crippen LogP contribution >= 0.6 is 0 Å². The zero-order valence-corrected chi connectivity index (χ0v) is 15.6. The lowest BCUT2D eigenvalue weighted by atomic mass is 9.87. The van der Waals surface area contributed by atoms with E-state index in [0.717, 1.165) is 10.5 Å². The molecule has 0 aromatic heterocycles. The predicted molar refractivity (Wildman–Crippen MR) is 97.3 cm³/mol. The number of nitrogens with one attached hydrogen (secondary N) is 2. The van der Waals surface area contributed by atoms with Crippen molar-refractivity contribution in [1.29, 1.82) is 0 Å². The molecule has 1 aliphatic rings. The van der Waals surface area contributed by atoms with Gasteiger partial charge in [-0.3, -0.25) is 14.5 Å². The molecule has 1 atom stereocenters. The Morgan fingerprint density at radius 3 is 2.32 bits per heavy atom. The lowest BCUT2D eigenvalue weighted by Crippen LogP contribution is -2.38. The molecule has 0 saturated carbocycles. The summed E-state index contributed by atoms with van der Waals surface area (Å²) in [6.07, 6.45) is 0.566. The number of nitrogens with zero attached hydrogens (tertiary/aromatic N) is 1. The quantitative estimate of drug-likeness (QED) is 0.806. The first kappa shape index (κ1) is 19.0. The zero-order chi connectivity index (χ0) is 18.8. The second-order valence-corrected chi connectivity index (χ2v) is 7.93. The Hall–Kier alpha value is -2.37. The Labute approximate surface area is 149 Å². The van der Waals surface area contributed by atoms with Crippen molar-refractivity contribution < 1.29 is 14.4 Å². The fraction of sp³-hybridized carbons (Fsp3) is 0.526. The third-order valence-corrected chi connectivity index (χ3v) is 4.15. The molecule has 25 heavy (non-hydrogen) atoms. The molecule has 1 aromatic rings. The highest BCUT2D eigenvalue weighted by Crippen LogP contribution is 2.23. The molecule has 136 valence electrons. The van der Waals surface area contributed by atoms with Gasteiger partial charge < -0.3 is 10.6 Å². The van der Waals surface area contributed by atoms with E-state index < -0.39 is 18.0 Å². The van der Waals surface area contributed by atoms with E-state index in [1.165, 1.54) is 0 Å². The molecule has 1 fully saturated rings. The van der Waals surface area contributed by atoms with Crippen molar-refractivity contribution in [1.82, 2.24) is 10.2 Å². The highest BCUT2D eigenvalue weighted by Gasteiger charge is 2.38. The van der Waals surface area contributed by atoms with E-state index in [4.69, 9.17) is 0 Å². The third-order valence-electron chi connectivity index (χ3n) is 4.15. The predicted octanol–water partition coefficient (Wildman–Crippen LogP) is 2.89. The number of carbonyl (C=O) groups is 3. The van der Waals surface area contributed by atoms with Crippen LogP contribution in [-0.2, 0) is 15.0 Å². The van der Waals surface area contributed by atoms with Crippen molar-refractivity contribution >= 4 is 23.5 Å². The summed E-state index contributed by atoms with van der Waals surface area (Å²) in [5.41, 5.74) is 1.84. The fourth-order valence-electron chi connectivity index (χ4n) is 2.76. The van der Waals surface area contributed by atoms with Crippen LogP contribution in [0.4, 0.5) is 10.5 Å². The fourth-order valence-corrected chi connectivity index (χ4v) is 2.76. The molecular weight excluding hydrogens is 318 g/mol. The zero-order valence-electron chi connectivity index (χ0n) is 15.6. The first-order valence-electron chi connectivity index (χ1n) is 8.60. The lowest BCUT2D eigenvalue weighted by Gasteiger charge is -2.19. The second kappa shape index (κ2) is 7.25. The molecule has 0 spiro atoms. The third kappa shape index (κ3) is 4.81. The first-order chi connectivity index (χ1) is 11.6. The first-order valence-corrected chi connectivity index (χ1v) is 8.60. The Morgan fingerprint density at radius 2 is 1.80 bits per heavy atom. The Morgan fingerprint density at radius 1 is 1.20 bits per heavy atom. The van der Waals surface area contributed by atoms with E-state index in [0.29, 0.717) is 12.1 Å². The SMILES string of the molecule is CC(C)CC1NC(=O)N(CC(=O)Nc2ccc(C(C)(C)C)cc2)C1=O. The average molecular weight is 345 g/mol. The van der Waals surface area contributed by atoms with Crippen molar-refractivity contribution in [3.8, 4) is 0 Å². The topological polar surface area (TPSA) is 78.5 Å². The maximum atomic E-state index is 12.3. The summed E-state index contributed by atoms with van der Waals surface area (Å²) in [5, 5.41) is 5.37. The van der Waals surface area contributed by atoms with Crippen LogP contribution in [0.2, 0.25) is 0 Å². The molecule has 6 nitrogen and oxygen atoms in total. The van der Waals surface area contributed by atoms with Gasteiger partial charge in [0, 0.05) is 5.69 Å². The van der Waals surface area contributed by atoms with E-state index >= 15 is 0 Å². The smallest absolute Gasteiger partial charge is 0.325 e. The van der Waals surface area contributed by atoms with Gasteiger partial charge in [-0.15, -0.1) is 0 Å². The van der Waals surface area contributed by atoms with Gasteiger partial charge in [0.2, 0.25) is 5.91 Å². The van der Waals surface area contributed by atoms with Crippen LogP contribution in [0.15, 0.2) is 24.3 Å². The molecule has 0 bridgehead atoms. The molecule has 2 rings (SSSR count). The summed E-state index contributed by atoms with van der Waals surface area (Å²) < 4.78 is 0. The van der Waals surface area contributed by atoms with Crippen LogP contribution in [-0.4, -0.2) is 35.3 Å². The van der Waals surface area contributed by atoms with Crippen LogP contribution in [0.1, 0.15) is 46.6 Å². The average Bonchev–Trinajstić information content (AvgIpc) is 2.74. The van der Waals surface area contributed by atoms with Crippen molar-refractivity contribution in [3.63, 3.8) is 0 Å². The van der Waals surface area contributed by atoms with Gasteiger partial charge in [0.15, 0.2) is 0 Å². The van der Waals surface area contributed by atoms with Gasteiger partial charge in [0.25, 0.3) is 5.91 Å². The number of anilines is 1. The highest BCUT2D eigenvalue weighted by molar-refractivity contribution is 6.07. The number of urea groups is 1. The van der Waals surface area contributed by atoms with Crippen molar-refractivity contribution in [2.24, 2.45) is 5.92 Å². The maximum absolute atomic E-state index is 12.3. The van der Waals surface area contributed by atoms with Crippen LogP contribution in [0.5, 0.6) is 0 Å². The molecule has 0 radical (unpaired) electrons. The number of benzene rings is 1. The van der Waals surface area contributed by atoms with E-state index in [1.54, 1.807) is 0 Å². The van der Waals surface area contributed by atoms with E-state index in [-0.39, 0.29) is 23.8 Å². The van der Waals surface area contributed by atoms with Crippen LogP contribution in [0, 0.1) is 5.92 Å². The molecule has 1 aliphatic heterocycles. The van der Waals surface area contributed by atoms with Crippen molar-refractivity contribution in [3.05, 3.63) is 29.8 Å². The minimum absolute atomic E-state index is 0.0357. The molecule has 0 aliphatic carbocycles. The van der Waals surface area contributed by atoms with Crippen molar-refractivity contribution in [2.75, 3.05) is 11.9 Å². The molecule has 6 heteroatoms. The van der Waals surface area contributed by atoms with E-state index in [2.05, 4.69) is 31.4 Å². The number of hydrogen-bond donors (Lipinski definition) is 2. The standard InChI is InChI=1S/C19H27N3O3/c1-12(2)10-15-17(24)22(18(25)21-15)11-16(23)20-14-8-6-13(7-9-14)19(3,4)5/h6-9,12,15H,10-11H2,1-5H3,(H,20,23)(H,21,25). The van der Waals surface area contributed by atoms with Crippen LogP contribution in [0.3, 0.4) is 0 Å². The van der Waals surface area contributed by atoms with Gasteiger partial charge in [-0.1, -0.05) is 46.8 Å². The van der Waals surface area contributed by atoms with Crippen molar-refractivity contribution in [2.45, 2.75) is 52.5 Å². The van der Waals surface area contributed by atoms with Gasteiger partial charge >= 0.3 is 6.03 Å². The normalized spacial score (nSPS) is 17.8. The van der Waals surface area contributed by atoms with Gasteiger partial charge in [-0.25, -0.2) is 4.79 Å². The number of hydrogen-bond acceptors (Lipinski definition) is 3. The summed E-state index contributed by atoms with van der Waals surface area (Å²) in [6.45, 7) is 10.0. The monoisotopic (exact) mass is 345 g/mol.